The van der Waals surface area contributed by atoms with Gasteiger partial charge in [0.2, 0.25) is 0 Å². The van der Waals surface area contributed by atoms with Crippen LogP contribution in [0.4, 0.5) is 0 Å². The van der Waals surface area contributed by atoms with E-state index in [9.17, 15) is 0 Å². The normalized spacial score (nSPS) is 16.6. The summed E-state index contributed by atoms with van der Waals surface area (Å²) in [6, 6.07) is 13.6. The third-order valence-corrected chi connectivity index (χ3v) is 27.6. The second-order valence-corrected chi connectivity index (χ2v) is 30.5. The van der Waals surface area contributed by atoms with E-state index in [4.69, 9.17) is 21.0 Å². The summed E-state index contributed by atoms with van der Waals surface area (Å²) in [7, 11) is 0. The van der Waals surface area contributed by atoms with Gasteiger partial charge in [0.1, 0.15) is 0 Å². The maximum absolute atomic E-state index is 8.81. The number of nitriles is 4. The van der Waals surface area contributed by atoms with Gasteiger partial charge in [-0.2, -0.15) is 21.0 Å². The Balaban J connectivity index is 0.000000208. The highest BCUT2D eigenvalue weighted by Crippen LogP contribution is 2.67. The van der Waals surface area contributed by atoms with Crippen LogP contribution in [0.2, 0.25) is 0 Å². The standard InChI is InChI=1S/2C18H18N2S7/c2*1-18(2,3)12-10-11-13(24-12)25-16(23-11)17-26-14(21-8-4-6-19)15(27-17)22-9-5-7-20/h2*10H,4-5,8-9H2,1-3H3. The van der Waals surface area contributed by atoms with Crippen LogP contribution in [-0.2, 0) is 10.8 Å². The van der Waals surface area contributed by atoms with Gasteiger partial charge in [-0.15, -0.1) is 69.7 Å². The van der Waals surface area contributed by atoms with Gasteiger partial charge in [0, 0.05) is 68.2 Å². The van der Waals surface area contributed by atoms with E-state index in [1.807, 2.05) is 117 Å². The highest BCUT2D eigenvalue weighted by atomic mass is 32.3. The molecule has 6 heterocycles. The third-order valence-electron chi connectivity index (χ3n) is 6.78. The molecule has 0 unspecified atom stereocenters. The molecule has 4 aliphatic heterocycles. The van der Waals surface area contributed by atoms with Gasteiger partial charge in [-0.3, -0.25) is 0 Å². The molecule has 0 spiro atoms. The van der Waals surface area contributed by atoms with Gasteiger partial charge in [-0.05, 0) is 23.0 Å². The molecule has 0 aliphatic carbocycles. The summed E-state index contributed by atoms with van der Waals surface area (Å²) < 4.78 is 13.5. The fraction of sp³-hybridized carbons (Fsp3) is 0.444. The zero-order valence-corrected chi connectivity index (χ0v) is 41.7. The quantitative estimate of drug-likeness (QED) is 0.189. The molecule has 284 valence electrons. The van der Waals surface area contributed by atoms with Crippen LogP contribution in [0.25, 0.3) is 0 Å². The fourth-order valence-corrected chi connectivity index (χ4v) is 24.6. The lowest BCUT2D eigenvalue weighted by Gasteiger charge is -2.15. The minimum Gasteiger partial charge on any atom is -0.198 e. The molecule has 0 atom stereocenters. The fourth-order valence-electron chi connectivity index (χ4n) is 4.14. The van der Waals surface area contributed by atoms with E-state index in [-0.39, 0.29) is 10.8 Å². The van der Waals surface area contributed by atoms with Gasteiger partial charge in [0.25, 0.3) is 0 Å². The van der Waals surface area contributed by atoms with Gasteiger partial charge in [-0.25, -0.2) is 0 Å². The van der Waals surface area contributed by atoms with Crippen molar-refractivity contribution in [1.29, 1.82) is 21.0 Å². The van der Waals surface area contributed by atoms with E-state index in [2.05, 4.69) is 78.0 Å². The van der Waals surface area contributed by atoms with Crippen molar-refractivity contribution < 1.29 is 0 Å². The average molecular weight is 974 g/mol. The van der Waals surface area contributed by atoms with Crippen LogP contribution in [0.3, 0.4) is 0 Å². The van der Waals surface area contributed by atoms with E-state index in [1.54, 1.807) is 47.0 Å². The maximum atomic E-state index is 8.81. The van der Waals surface area contributed by atoms with Crippen LogP contribution in [0.15, 0.2) is 64.2 Å². The topological polar surface area (TPSA) is 95.2 Å². The van der Waals surface area contributed by atoms with E-state index >= 15 is 0 Å². The molecule has 0 saturated carbocycles. The van der Waals surface area contributed by atoms with Crippen molar-refractivity contribution in [2.75, 3.05) is 23.0 Å². The summed E-state index contributed by atoms with van der Waals surface area (Å²) in [5.41, 5.74) is 0.411. The molecule has 0 fully saturated rings. The zero-order chi connectivity index (χ0) is 38.9. The van der Waals surface area contributed by atoms with Gasteiger partial charge < -0.3 is 0 Å². The molecule has 0 aromatic carbocycles. The van der Waals surface area contributed by atoms with Gasteiger partial charge in [-0.1, -0.05) is 136 Å². The maximum Gasteiger partial charge on any atom is 0.0795 e. The number of hydrogen-bond donors (Lipinski definition) is 0. The second-order valence-electron chi connectivity index (χ2n) is 13.2. The second kappa shape index (κ2) is 21.7. The Kier molecular flexibility index (Phi) is 18.3. The number of hydrogen-bond acceptors (Lipinski definition) is 18. The van der Waals surface area contributed by atoms with Crippen molar-refractivity contribution in [3.8, 4) is 24.3 Å². The Labute approximate surface area is 379 Å². The van der Waals surface area contributed by atoms with E-state index in [0.717, 1.165) is 23.0 Å². The van der Waals surface area contributed by atoms with Crippen LogP contribution in [0.5, 0.6) is 0 Å². The first-order valence-corrected chi connectivity index (χ1v) is 28.6. The SMILES string of the molecule is CC(C)(C)c1cc2c(s1)SC(=C1SC(SCCC#N)=C(SCCC#N)S1)S2.CC(C)(C)c1cc2c(s1)SC(=C1SC(SCCC#N)=C(SCCC#N)S1)S2. The molecule has 0 N–H and O–H groups in total. The van der Waals surface area contributed by atoms with Crippen LogP contribution >= 0.6 is 164 Å². The lowest BCUT2D eigenvalue weighted by molar-refractivity contribution is 0.603. The monoisotopic (exact) mass is 972 g/mol. The van der Waals surface area contributed by atoms with Gasteiger partial charge in [0.15, 0.2) is 0 Å². The highest BCUT2D eigenvalue weighted by molar-refractivity contribution is 8.43. The summed E-state index contributed by atoms with van der Waals surface area (Å²) in [6.07, 6.45) is 2.27. The zero-order valence-electron chi connectivity index (χ0n) is 30.3. The minimum absolute atomic E-state index is 0.205. The molecule has 2 aromatic rings. The van der Waals surface area contributed by atoms with Crippen molar-refractivity contribution in [3.05, 3.63) is 55.8 Å². The highest BCUT2D eigenvalue weighted by Gasteiger charge is 2.33. The molecule has 0 bridgehead atoms. The minimum atomic E-state index is 0.205. The van der Waals surface area contributed by atoms with E-state index in [0.29, 0.717) is 25.7 Å². The Bertz CT molecular complexity index is 1750. The smallest absolute Gasteiger partial charge is 0.0795 e. The molecule has 4 nitrogen and oxygen atoms in total. The first kappa shape index (κ1) is 45.6. The predicted octanol–water partition coefficient (Wildman–Crippen LogP) is 16.5. The molecule has 54 heavy (non-hydrogen) atoms. The Hall–Kier alpha value is 0.520. The molecular weight excluding hydrogens is 937 g/mol. The molecule has 2 aromatic heterocycles. The summed E-state index contributed by atoms with van der Waals surface area (Å²) >= 11 is 25.9. The molecule has 6 rings (SSSR count). The number of thiophene rings is 2. The van der Waals surface area contributed by atoms with Gasteiger partial charge in [0.05, 0.1) is 66.6 Å². The van der Waals surface area contributed by atoms with Crippen LogP contribution < -0.4 is 0 Å². The summed E-state index contributed by atoms with van der Waals surface area (Å²) in [5.74, 6) is 3.31. The third kappa shape index (κ3) is 12.8. The number of thioether (sulfide) groups is 12. The number of nitrogens with zero attached hydrogens (tertiary/aromatic N) is 4. The Morgan fingerprint density at radius 1 is 0.444 bits per heavy atom. The van der Waals surface area contributed by atoms with Crippen molar-refractivity contribution in [3.63, 3.8) is 0 Å². The summed E-state index contributed by atoms with van der Waals surface area (Å²) in [5, 5.41) is 35.3. The van der Waals surface area contributed by atoms with Crippen molar-refractivity contribution in [1.82, 2.24) is 0 Å². The summed E-state index contributed by atoms with van der Waals surface area (Å²) in [4.78, 5) is 5.68. The first-order chi connectivity index (χ1) is 25.8. The number of fused-ring (bicyclic) bond motifs is 2. The summed E-state index contributed by atoms with van der Waals surface area (Å²) in [6.45, 7) is 13.6. The van der Waals surface area contributed by atoms with Crippen LogP contribution in [-0.4, -0.2) is 23.0 Å². The molecule has 4 aliphatic rings. The van der Waals surface area contributed by atoms with E-state index in [1.165, 1.54) is 61.9 Å². The van der Waals surface area contributed by atoms with Gasteiger partial charge >= 0.3 is 0 Å². The van der Waals surface area contributed by atoms with Crippen LogP contribution in [0.1, 0.15) is 77.0 Å². The molecule has 18 heteroatoms. The first-order valence-electron chi connectivity index (χ1n) is 16.5. The largest absolute Gasteiger partial charge is 0.198 e. The Morgan fingerprint density at radius 3 is 0.963 bits per heavy atom. The van der Waals surface area contributed by atoms with Crippen molar-refractivity contribution >= 4 is 164 Å². The molecular formula is C36H36N4S14. The lowest BCUT2D eigenvalue weighted by atomic mass is 9.95. The van der Waals surface area contributed by atoms with E-state index < -0.39 is 0 Å². The lowest BCUT2D eigenvalue weighted by Crippen LogP contribution is -2.07. The van der Waals surface area contributed by atoms with Crippen molar-refractivity contribution in [2.45, 2.75) is 96.3 Å². The predicted molar refractivity (Wildman–Crippen MR) is 259 cm³/mol. The van der Waals surface area contributed by atoms with Crippen molar-refractivity contribution in [2.24, 2.45) is 0 Å². The average Bonchev–Trinajstić information content (AvgIpc) is 3.95. The van der Waals surface area contributed by atoms with Crippen LogP contribution in [0, 0.1) is 45.3 Å². The molecule has 0 amide bonds. The Morgan fingerprint density at radius 2 is 0.722 bits per heavy atom. The number of rotatable bonds is 12. The molecule has 0 saturated heterocycles. The molecule has 0 radical (unpaired) electrons.